The fourth-order valence-corrected chi connectivity index (χ4v) is 1.03. The monoisotopic (exact) mass is 223 g/mol. The van der Waals surface area contributed by atoms with Gasteiger partial charge in [0.05, 0.1) is 19.1 Å². The molecule has 0 fully saturated rings. The molecule has 0 rings (SSSR count). The van der Waals surface area contributed by atoms with E-state index in [1.54, 1.807) is 0 Å². The van der Waals surface area contributed by atoms with Crippen LogP contribution in [0.3, 0.4) is 0 Å². The summed E-state index contributed by atoms with van der Waals surface area (Å²) >= 11 is 0. The van der Waals surface area contributed by atoms with Crippen molar-refractivity contribution in [2.24, 2.45) is 17.4 Å². The van der Waals surface area contributed by atoms with Gasteiger partial charge in [-0.3, -0.25) is 4.79 Å². The van der Waals surface area contributed by atoms with Gasteiger partial charge in [-0.05, 0) is 12.3 Å². The molecule has 0 saturated carbocycles. The van der Waals surface area contributed by atoms with Crippen LogP contribution in [0.25, 0.3) is 0 Å². The molecule has 6 heteroatoms. The first kappa shape index (κ1) is 14.2. The van der Waals surface area contributed by atoms with E-state index in [-0.39, 0.29) is 5.92 Å². The molecule has 0 heterocycles. The number of nitrogens with two attached hydrogens (primary N) is 2. The van der Waals surface area contributed by atoms with Crippen molar-refractivity contribution in [3.05, 3.63) is 0 Å². The number of halogens is 2. The second-order valence-electron chi connectivity index (χ2n) is 4.01. The van der Waals surface area contributed by atoms with Crippen molar-refractivity contribution in [2.45, 2.75) is 32.2 Å². The Bertz CT molecular complexity index is 210. The standard InChI is InChI=1S/C9H19F2N3O/c1-6(2)3-7(13)8(15)14-5-9(10,11)4-12/h6-7H,3-5,12-13H2,1-2H3,(H,14,15)/t7-/m0/s1. The first-order valence-corrected chi connectivity index (χ1v) is 4.89. The summed E-state index contributed by atoms with van der Waals surface area (Å²) in [5.74, 6) is -3.37. The molecule has 90 valence electrons. The number of rotatable bonds is 6. The maximum atomic E-state index is 12.7. The molecule has 5 N–H and O–H groups in total. The van der Waals surface area contributed by atoms with Gasteiger partial charge in [0.25, 0.3) is 5.92 Å². The Morgan fingerprint density at radius 1 is 1.47 bits per heavy atom. The highest BCUT2D eigenvalue weighted by Gasteiger charge is 2.28. The molecule has 4 nitrogen and oxygen atoms in total. The van der Waals surface area contributed by atoms with Crippen LogP contribution in [0.4, 0.5) is 8.78 Å². The third-order valence-corrected chi connectivity index (χ3v) is 1.88. The van der Waals surface area contributed by atoms with Crippen molar-refractivity contribution >= 4 is 5.91 Å². The summed E-state index contributed by atoms with van der Waals surface area (Å²) < 4.78 is 25.3. The highest BCUT2D eigenvalue weighted by molar-refractivity contribution is 5.81. The first-order chi connectivity index (χ1) is 6.78. The largest absolute Gasteiger partial charge is 0.349 e. The Labute approximate surface area is 88.4 Å². The van der Waals surface area contributed by atoms with Crippen molar-refractivity contribution in [3.8, 4) is 0 Å². The fourth-order valence-electron chi connectivity index (χ4n) is 1.03. The Balaban J connectivity index is 3.93. The van der Waals surface area contributed by atoms with Crippen LogP contribution in [-0.2, 0) is 4.79 Å². The zero-order valence-corrected chi connectivity index (χ0v) is 9.09. The van der Waals surface area contributed by atoms with Crippen LogP contribution in [-0.4, -0.2) is 31.0 Å². The second-order valence-corrected chi connectivity index (χ2v) is 4.01. The van der Waals surface area contributed by atoms with Crippen LogP contribution < -0.4 is 16.8 Å². The van der Waals surface area contributed by atoms with Gasteiger partial charge in [-0.1, -0.05) is 13.8 Å². The zero-order valence-electron chi connectivity index (χ0n) is 9.09. The minimum atomic E-state index is -3.06. The van der Waals surface area contributed by atoms with Gasteiger partial charge in [-0.15, -0.1) is 0 Å². The molecule has 1 amide bonds. The summed E-state index contributed by atoms with van der Waals surface area (Å²) in [6.07, 6.45) is 0.472. The van der Waals surface area contributed by atoms with E-state index in [2.05, 4.69) is 5.32 Å². The van der Waals surface area contributed by atoms with Gasteiger partial charge < -0.3 is 16.8 Å². The van der Waals surface area contributed by atoms with Crippen molar-refractivity contribution in [1.82, 2.24) is 5.32 Å². The summed E-state index contributed by atoms with van der Waals surface area (Å²) in [6.45, 7) is 2.27. The van der Waals surface area contributed by atoms with Crippen molar-refractivity contribution in [2.75, 3.05) is 13.1 Å². The zero-order chi connectivity index (χ0) is 12.1. The summed E-state index contributed by atoms with van der Waals surface area (Å²) in [5, 5.41) is 2.09. The minimum absolute atomic E-state index is 0.251. The molecule has 0 aliphatic rings. The lowest BCUT2D eigenvalue weighted by molar-refractivity contribution is -0.124. The molecule has 0 aliphatic carbocycles. The molecule has 1 atom stereocenters. The summed E-state index contributed by atoms with van der Waals surface area (Å²) in [4.78, 5) is 11.2. The third kappa shape index (κ3) is 6.35. The van der Waals surface area contributed by atoms with Gasteiger partial charge in [-0.25, -0.2) is 8.78 Å². The SMILES string of the molecule is CC(C)C[C@H](N)C(=O)NCC(F)(F)CN. The molecule has 15 heavy (non-hydrogen) atoms. The lowest BCUT2D eigenvalue weighted by atomic mass is 10.0. The molecule has 0 spiro atoms. The van der Waals surface area contributed by atoms with Crippen LogP contribution >= 0.6 is 0 Å². The number of hydrogen-bond donors (Lipinski definition) is 3. The topological polar surface area (TPSA) is 81.1 Å². The van der Waals surface area contributed by atoms with Gasteiger partial charge >= 0.3 is 0 Å². The Morgan fingerprint density at radius 3 is 2.40 bits per heavy atom. The van der Waals surface area contributed by atoms with Gasteiger partial charge in [0, 0.05) is 0 Å². The number of carbonyl (C=O) groups excluding carboxylic acids is 1. The van der Waals surface area contributed by atoms with E-state index < -0.39 is 31.0 Å². The highest BCUT2D eigenvalue weighted by atomic mass is 19.3. The first-order valence-electron chi connectivity index (χ1n) is 4.89. The average molecular weight is 223 g/mol. The van der Waals surface area contributed by atoms with E-state index in [1.165, 1.54) is 0 Å². The van der Waals surface area contributed by atoms with Gasteiger partial charge in [0.2, 0.25) is 5.91 Å². The van der Waals surface area contributed by atoms with Gasteiger partial charge in [-0.2, -0.15) is 0 Å². The van der Waals surface area contributed by atoms with E-state index >= 15 is 0 Å². The molecule has 0 aliphatic heterocycles. The van der Waals surface area contributed by atoms with Crippen LogP contribution in [0, 0.1) is 5.92 Å². The maximum absolute atomic E-state index is 12.7. The van der Waals surface area contributed by atoms with Crippen molar-refractivity contribution in [3.63, 3.8) is 0 Å². The predicted octanol–water partition coefficient (Wildman–Crippen LogP) is 0.0700. The number of carbonyl (C=O) groups is 1. The summed E-state index contributed by atoms with van der Waals surface area (Å²) in [7, 11) is 0. The average Bonchev–Trinajstić information content (AvgIpc) is 2.13. The third-order valence-electron chi connectivity index (χ3n) is 1.88. The van der Waals surface area contributed by atoms with Crippen LogP contribution in [0.1, 0.15) is 20.3 Å². The molecule has 0 unspecified atom stereocenters. The minimum Gasteiger partial charge on any atom is -0.349 e. The summed E-state index contributed by atoms with van der Waals surface area (Å²) in [5.41, 5.74) is 10.3. The second kappa shape index (κ2) is 5.97. The van der Waals surface area contributed by atoms with Crippen molar-refractivity contribution < 1.29 is 13.6 Å². The molecule has 0 bridgehead atoms. The quantitative estimate of drug-likeness (QED) is 0.596. The van der Waals surface area contributed by atoms with Crippen LogP contribution in [0.15, 0.2) is 0 Å². The molecular formula is C9H19F2N3O. The van der Waals surface area contributed by atoms with Crippen LogP contribution in [0.5, 0.6) is 0 Å². The molecule has 0 aromatic carbocycles. The highest BCUT2D eigenvalue weighted by Crippen LogP contribution is 2.09. The van der Waals surface area contributed by atoms with Crippen LogP contribution in [0.2, 0.25) is 0 Å². The molecular weight excluding hydrogens is 204 g/mol. The molecule has 0 aromatic heterocycles. The summed E-state index contributed by atoms with van der Waals surface area (Å²) in [6, 6.07) is -0.737. The molecule has 0 saturated heterocycles. The van der Waals surface area contributed by atoms with E-state index in [0.717, 1.165) is 0 Å². The van der Waals surface area contributed by atoms with Gasteiger partial charge in [0.1, 0.15) is 0 Å². The fraction of sp³-hybridized carbons (Fsp3) is 0.889. The maximum Gasteiger partial charge on any atom is 0.277 e. The molecule has 0 radical (unpaired) electrons. The predicted molar refractivity (Wildman–Crippen MR) is 54.4 cm³/mol. The molecule has 0 aromatic rings. The lowest BCUT2D eigenvalue weighted by Crippen LogP contribution is -2.47. The van der Waals surface area contributed by atoms with E-state index in [1.807, 2.05) is 13.8 Å². The smallest absolute Gasteiger partial charge is 0.277 e. The van der Waals surface area contributed by atoms with E-state index in [4.69, 9.17) is 11.5 Å². The van der Waals surface area contributed by atoms with Crippen molar-refractivity contribution in [1.29, 1.82) is 0 Å². The number of amides is 1. The van der Waals surface area contributed by atoms with Gasteiger partial charge in [0.15, 0.2) is 0 Å². The van der Waals surface area contributed by atoms with E-state index in [9.17, 15) is 13.6 Å². The Hall–Kier alpha value is -0.750. The lowest BCUT2D eigenvalue weighted by Gasteiger charge is -2.18. The number of alkyl halides is 2. The Kier molecular flexibility index (Phi) is 5.67. The number of nitrogens with one attached hydrogen (secondary N) is 1. The van der Waals surface area contributed by atoms with E-state index in [0.29, 0.717) is 6.42 Å². The normalized spacial score (nSPS) is 14.1. The number of hydrogen-bond acceptors (Lipinski definition) is 3. The Morgan fingerprint density at radius 2 is 2.00 bits per heavy atom.